The van der Waals surface area contributed by atoms with Gasteiger partial charge in [0.25, 0.3) is 31.9 Å². The molecule has 4 heterocycles. The number of nitrogens with zero attached hydrogens (tertiary/aromatic N) is 7. The van der Waals surface area contributed by atoms with E-state index >= 15 is 0 Å². The van der Waals surface area contributed by atoms with Gasteiger partial charge in [-0.05, 0) is 87.6 Å². The quantitative estimate of drug-likeness (QED) is 0.0877. The summed E-state index contributed by atoms with van der Waals surface area (Å²) in [5.41, 5.74) is 3.96. The number of nitrogens with one attached hydrogen (secondary N) is 3. The Morgan fingerprint density at radius 1 is 0.758 bits per heavy atom. The second-order valence-corrected chi connectivity index (χ2v) is 17.8. The van der Waals surface area contributed by atoms with Gasteiger partial charge >= 0.3 is 0 Å². The monoisotopic (exact) mass is 884 g/mol. The van der Waals surface area contributed by atoms with Crippen molar-refractivity contribution in [3.63, 3.8) is 0 Å². The van der Waals surface area contributed by atoms with E-state index in [0.29, 0.717) is 40.9 Å². The smallest absolute Gasteiger partial charge is 0.276 e. The van der Waals surface area contributed by atoms with Gasteiger partial charge < -0.3 is 20.1 Å². The molecule has 4 aromatic heterocycles. The van der Waals surface area contributed by atoms with E-state index in [2.05, 4.69) is 35.5 Å². The average Bonchev–Trinajstić information content (AvgIpc) is 3.87. The van der Waals surface area contributed by atoms with Gasteiger partial charge in [-0.15, -0.1) is 0 Å². The van der Waals surface area contributed by atoms with Crippen LogP contribution in [0.1, 0.15) is 69.2 Å². The average molecular weight is 885 g/mol. The van der Waals surface area contributed by atoms with E-state index in [4.69, 9.17) is 9.47 Å². The Kier molecular flexibility index (Phi) is 13.3. The number of hydrogen-bond acceptors (Lipinski definition) is 12. The van der Waals surface area contributed by atoms with Crippen LogP contribution >= 0.6 is 0 Å². The first-order valence-electron chi connectivity index (χ1n) is 19.5. The maximum absolute atomic E-state index is 15.0. The fourth-order valence-electron chi connectivity index (χ4n) is 6.65. The first kappa shape index (κ1) is 44.7. The molecule has 0 bridgehead atoms. The van der Waals surface area contributed by atoms with Crippen molar-refractivity contribution < 1.29 is 35.9 Å². The number of hydrogen-bond donors (Lipinski definition) is 3. The van der Waals surface area contributed by atoms with Crippen molar-refractivity contribution in [3.05, 3.63) is 119 Å². The maximum Gasteiger partial charge on any atom is 0.276 e. The van der Waals surface area contributed by atoms with Crippen LogP contribution in [-0.4, -0.2) is 72.0 Å². The number of benzene rings is 2. The number of methoxy groups -OCH3 is 1. The summed E-state index contributed by atoms with van der Waals surface area (Å²) in [7, 11) is -6.28. The highest BCUT2D eigenvalue weighted by Crippen LogP contribution is 2.36. The first-order valence-corrected chi connectivity index (χ1v) is 22.4. The third-order valence-corrected chi connectivity index (χ3v) is 12.9. The Balaban J connectivity index is 1.41. The van der Waals surface area contributed by atoms with Gasteiger partial charge in [-0.25, -0.2) is 31.1 Å². The van der Waals surface area contributed by atoms with E-state index in [9.17, 15) is 26.4 Å². The number of rotatable bonds is 17. The van der Waals surface area contributed by atoms with Crippen molar-refractivity contribution in [1.29, 1.82) is 0 Å². The Hall–Kier alpha value is -6.80. The van der Waals surface area contributed by atoms with Crippen molar-refractivity contribution in [1.82, 2.24) is 29.5 Å². The molecule has 2 amide bonds. The second-order valence-electron chi connectivity index (χ2n) is 14.4. The summed E-state index contributed by atoms with van der Waals surface area (Å²) in [6, 6.07) is 16.0. The molecule has 0 radical (unpaired) electrons. The lowest BCUT2D eigenvalue weighted by atomic mass is 10.1. The standard InChI is InChI=1S/C42H48N10O8S2/c1-9-13-32-22-34(47-50(32)7)40(54)46-30-20-35(61(55,56)49-37-26(3)14-11-15-27(37)4)42(44-24-30)60-25-52(38-28(5)16-12-17-29(38)6)62(57,58)36-21-31(23-43-41(36)59-8)45-39(53)33-18-19-51(10-2)48-33/h11-12,14-24,49H,9-10,13,25H2,1-8H3,(H,45,53)(H,46,54). The normalized spacial score (nSPS) is 11.5. The Morgan fingerprint density at radius 3 is 1.92 bits per heavy atom. The van der Waals surface area contributed by atoms with E-state index in [1.807, 2.05) is 13.8 Å². The van der Waals surface area contributed by atoms with Crippen LogP contribution in [0.15, 0.2) is 89.0 Å². The zero-order valence-electron chi connectivity index (χ0n) is 35.5. The maximum atomic E-state index is 15.0. The highest BCUT2D eigenvalue weighted by atomic mass is 32.2. The number of aromatic nitrogens is 6. The van der Waals surface area contributed by atoms with Crippen LogP contribution in [0.2, 0.25) is 0 Å². The molecule has 62 heavy (non-hydrogen) atoms. The molecule has 0 atom stereocenters. The zero-order chi connectivity index (χ0) is 44.9. The molecular formula is C42H48N10O8S2. The number of ether oxygens (including phenoxy) is 2. The van der Waals surface area contributed by atoms with Crippen LogP contribution in [0.4, 0.5) is 22.7 Å². The molecular weight excluding hydrogens is 837 g/mol. The summed E-state index contributed by atoms with van der Waals surface area (Å²) < 4.78 is 76.9. The van der Waals surface area contributed by atoms with Gasteiger partial charge in [0.05, 0.1) is 42.3 Å². The molecule has 0 aliphatic heterocycles. The fourth-order valence-corrected chi connectivity index (χ4v) is 9.57. The van der Waals surface area contributed by atoms with Gasteiger partial charge in [-0.1, -0.05) is 49.7 Å². The molecule has 0 unspecified atom stereocenters. The number of carbonyl (C=O) groups is 2. The number of sulfonamides is 2. The third-order valence-electron chi connectivity index (χ3n) is 9.84. The number of anilines is 4. The van der Waals surface area contributed by atoms with Crippen LogP contribution in [0.25, 0.3) is 0 Å². The van der Waals surface area contributed by atoms with E-state index in [1.54, 1.807) is 92.8 Å². The van der Waals surface area contributed by atoms with Gasteiger partial charge in [0.2, 0.25) is 11.8 Å². The molecule has 0 saturated carbocycles. The molecule has 326 valence electrons. The van der Waals surface area contributed by atoms with Crippen molar-refractivity contribution in [2.75, 3.05) is 33.5 Å². The van der Waals surface area contributed by atoms with E-state index in [1.165, 1.54) is 37.7 Å². The van der Waals surface area contributed by atoms with Gasteiger partial charge in [0, 0.05) is 25.5 Å². The van der Waals surface area contributed by atoms with Crippen molar-refractivity contribution in [2.45, 2.75) is 70.7 Å². The van der Waals surface area contributed by atoms with Crippen LogP contribution in [-0.2, 0) is 40.1 Å². The summed E-state index contributed by atoms with van der Waals surface area (Å²) in [6.45, 7) is 10.5. The van der Waals surface area contributed by atoms with Gasteiger partial charge in [0.15, 0.2) is 27.9 Å². The molecule has 0 spiro atoms. The van der Waals surface area contributed by atoms with E-state index in [0.717, 1.165) is 16.4 Å². The molecule has 20 heteroatoms. The van der Waals surface area contributed by atoms with Crippen LogP contribution in [0.3, 0.4) is 0 Å². The molecule has 6 rings (SSSR count). The van der Waals surface area contributed by atoms with E-state index in [-0.39, 0.29) is 34.3 Å². The van der Waals surface area contributed by atoms with Crippen molar-refractivity contribution >= 4 is 54.6 Å². The highest BCUT2D eigenvalue weighted by molar-refractivity contribution is 7.93. The van der Waals surface area contributed by atoms with Crippen LogP contribution < -0.4 is 29.1 Å². The molecule has 0 fully saturated rings. The summed E-state index contributed by atoms with van der Waals surface area (Å²) in [4.78, 5) is 34.1. The molecule has 0 saturated heterocycles. The van der Waals surface area contributed by atoms with Crippen molar-refractivity contribution in [3.8, 4) is 11.8 Å². The largest absolute Gasteiger partial charge is 0.480 e. The minimum Gasteiger partial charge on any atom is -0.480 e. The van der Waals surface area contributed by atoms with Crippen LogP contribution in [0.5, 0.6) is 11.8 Å². The third kappa shape index (κ3) is 9.55. The lowest BCUT2D eigenvalue weighted by molar-refractivity contribution is 0.101. The van der Waals surface area contributed by atoms with Gasteiger partial charge in [0.1, 0.15) is 0 Å². The molecule has 18 nitrogen and oxygen atoms in total. The SMILES string of the molecule is CCCc1cc(C(=O)Nc2cnc(OCN(c3c(C)cccc3C)S(=O)(=O)c3cc(NC(=O)c4ccn(CC)n4)cnc3OC)c(S(=O)(=O)Nc3c(C)cccc3C)c2)nn1C. The van der Waals surface area contributed by atoms with Gasteiger partial charge in [-0.3, -0.25) is 23.7 Å². The Bertz CT molecular complexity index is 2830. The Morgan fingerprint density at radius 2 is 1.34 bits per heavy atom. The fraction of sp³-hybridized carbons (Fsp3) is 0.286. The number of amides is 2. The summed E-state index contributed by atoms with van der Waals surface area (Å²) >= 11 is 0. The van der Waals surface area contributed by atoms with E-state index < -0.39 is 54.3 Å². The summed E-state index contributed by atoms with van der Waals surface area (Å²) in [6.07, 6.45) is 5.61. The minimum absolute atomic E-state index is 0.00211. The molecule has 0 aliphatic carbocycles. The molecule has 2 aromatic carbocycles. The zero-order valence-corrected chi connectivity index (χ0v) is 37.2. The highest BCUT2D eigenvalue weighted by Gasteiger charge is 2.34. The lowest BCUT2D eigenvalue weighted by Crippen LogP contribution is -2.36. The predicted octanol–water partition coefficient (Wildman–Crippen LogP) is 6.16. The molecule has 0 aliphatic rings. The number of aryl methyl sites for hydroxylation is 7. The van der Waals surface area contributed by atoms with Crippen LogP contribution in [0, 0.1) is 27.7 Å². The molecule has 6 aromatic rings. The minimum atomic E-state index is -4.71. The Labute approximate surface area is 360 Å². The summed E-state index contributed by atoms with van der Waals surface area (Å²) in [5.74, 6) is -1.97. The van der Waals surface area contributed by atoms with Gasteiger partial charge in [-0.2, -0.15) is 10.2 Å². The lowest BCUT2D eigenvalue weighted by Gasteiger charge is -2.28. The second kappa shape index (κ2) is 18.4. The number of para-hydroxylation sites is 2. The summed E-state index contributed by atoms with van der Waals surface area (Å²) in [5, 5.41) is 13.8. The first-order chi connectivity index (χ1) is 29.5. The molecule has 3 N–H and O–H groups in total. The predicted molar refractivity (Wildman–Crippen MR) is 234 cm³/mol. The number of carbonyl (C=O) groups excluding carboxylic acids is 2. The topological polar surface area (TPSA) is 222 Å². The van der Waals surface area contributed by atoms with Crippen molar-refractivity contribution in [2.24, 2.45) is 7.05 Å². The number of pyridine rings is 2.